The molecule has 3 amide bonds. The summed E-state index contributed by atoms with van der Waals surface area (Å²) in [5.74, 6) is 0.128. The minimum Gasteiger partial charge on any atom is -0.341 e. The normalized spacial score (nSPS) is 16.7. The van der Waals surface area contributed by atoms with E-state index in [1.807, 2.05) is 11.8 Å². The number of anilines is 1. The lowest BCUT2D eigenvalue weighted by molar-refractivity contribution is -0.137. The number of alkyl halides is 3. The Labute approximate surface area is 244 Å². The highest BCUT2D eigenvalue weighted by molar-refractivity contribution is 6.42. The fraction of sp³-hybridized carbons (Fsp3) is 0.517. The molecule has 0 unspecified atom stereocenters. The third kappa shape index (κ3) is 10.2. The lowest BCUT2D eigenvalue weighted by Crippen LogP contribution is -2.39. The molecule has 0 atom stereocenters. The summed E-state index contributed by atoms with van der Waals surface area (Å²) >= 11 is 11.9. The number of carbonyl (C=O) groups is 2. The minimum absolute atomic E-state index is 0.128. The number of benzene rings is 2. The first-order chi connectivity index (χ1) is 19.1. The molecule has 2 aromatic carbocycles. The summed E-state index contributed by atoms with van der Waals surface area (Å²) in [5.41, 5.74) is 0.736. The van der Waals surface area contributed by atoms with Crippen LogP contribution in [-0.2, 0) is 17.4 Å². The lowest BCUT2D eigenvalue weighted by atomic mass is 10.1. The van der Waals surface area contributed by atoms with E-state index in [0.29, 0.717) is 53.8 Å². The summed E-state index contributed by atoms with van der Waals surface area (Å²) in [6, 6.07) is 10.1. The molecule has 0 aliphatic carbocycles. The topological polar surface area (TPSA) is 55.9 Å². The Morgan fingerprint density at radius 3 is 2.35 bits per heavy atom. The number of piperidine rings is 1. The van der Waals surface area contributed by atoms with Gasteiger partial charge in [0.15, 0.2) is 0 Å². The van der Waals surface area contributed by atoms with Gasteiger partial charge in [0.25, 0.3) is 0 Å². The Hall–Kier alpha value is -2.49. The van der Waals surface area contributed by atoms with Crippen molar-refractivity contribution >= 4 is 40.8 Å². The zero-order chi connectivity index (χ0) is 29.1. The van der Waals surface area contributed by atoms with Gasteiger partial charge in [0.2, 0.25) is 5.91 Å². The summed E-state index contributed by atoms with van der Waals surface area (Å²) in [6.45, 7) is 7.52. The first kappa shape index (κ1) is 32.0. The molecular weight excluding hydrogens is 564 g/mol. The summed E-state index contributed by atoms with van der Waals surface area (Å²) in [6.07, 6.45) is 1.66. The van der Waals surface area contributed by atoms with Gasteiger partial charge in [-0.1, -0.05) is 54.7 Å². The number of rotatable bonds is 6. The zero-order valence-corrected chi connectivity index (χ0v) is 24.3. The maximum atomic E-state index is 12.6. The van der Waals surface area contributed by atoms with Crippen molar-refractivity contribution < 1.29 is 22.8 Å². The minimum atomic E-state index is -4.22. The van der Waals surface area contributed by atoms with Crippen molar-refractivity contribution in [2.45, 2.75) is 51.6 Å². The number of likely N-dealkylation sites (tertiary alicyclic amines) is 1. The average molecular weight is 602 g/mol. The molecule has 2 aromatic rings. The van der Waals surface area contributed by atoms with Crippen molar-refractivity contribution in [1.29, 1.82) is 0 Å². The van der Waals surface area contributed by atoms with Gasteiger partial charge in [-0.3, -0.25) is 4.79 Å². The fourth-order valence-corrected chi connectivity index (χ4v) is 5.02. The van der Waals surface area contributed by atoms with E-state index in [0.717, 1.165) is 25.6 Å². The first-order valence-corrected chi connectivity index (χ1v) is 14.5. The number of amides is 3. The van der Waals surface area contributed by atoms with Crippen LogP contribution in [0.3, 0.4) is 0 Å². The van der Waals surface area contributed by atoms with Gasteiger partial charge < -0.3 is 20.0 Å². The molecule has 0 saturated carbocycles. The average Bonchev–Trinajstić information content (AvgIpc) is 3.12. The van der Waals surface area contributed by atoms with E-state index < -0.39 is 11.7 Å². The molecule has 2 fully saturated rings. The third-order valence-electron chi connectivity index (χ3n) is 7.06. The zero-order valence-electron chi connectivity index (χ0n) is 22.8. The molecule has 40 heavy (non-hydrogen) atoms. The number of hydrogen-bond donors (Lipinski definition) is 1. The molecule has 220 valence electrons. The molecule has 1 N–H and O–H groups in total. The van der Waals surface area contributed by atoms with Crippen LogP contribution >= 0.6 is 23.2 Å². The number of aryl methyl sites for hydroxylation is 1. The van der Waals surface area contributed by atoms with Gasteiger partial charge in [-0.2, -0.15) is 13.2 Å². The first-order valence-electron chi connectivity index (χ1n) is 13.7. The second-order valence-corrected chi connectivity index (χ2v) is 10.8. The molecule has 6 nitrogen and oxygen atoms in total. The highest BCUT2D eigenvalue weighted by Crippen LogP contribution is 2.29. The van der Waals surface area contributed by atoms with E-state index >= 15 is 0 Å². The van der Waals surface area contributed by atoms with Crippen LogP contribution in [0.25, 0.3) is 0 Å². The van der Waals surface area contributed by atoms with Crippen LogP contribution in [0.4, 0.5) is 23.7 Å². The number of nitrogens with one attached hydrogen (secondary N) is 1. The van der Waals surface area contributed by atoms with E-state index in [4.69, 9.17) is 23.2 Å². The van der Waals surface area contributed by atoms with Crippen molar-refractivity contribution in [3.63, 3.8) is 0 Å². The third-order valence-corrected chi connectivity index (χ3v) is 7.80. The predicted octanol–water partition coefficient (Wildman–Crippen LogP) is 7.20. The maximum Gasteiger partial charge on any atom is 0.416 e. The van der Waals surface area contributed by atoms with Gasteiger partial charge in [0.1, 0.15) is 0 Å². The van der Waals surface area contributed by atoms with Crippen LogP contribution in [0.5, 0.6) is 0 Å². The van der Waals surface area contributed by atoms with E-state index in [1.165, 1.54) is 44.5 Å². The number of carbonyl (C=O) groups excluding carboxylic acids is 2. The molecule has 2 heterocycles. The molecule has 2 aliphatic heterocycles. The van der Waals surface area contributed by atoms with Crippen molar-refractivity contribution in [2.75, 3.05) is 51.1 Å². The van der Waals surface area contributed by atoms with Crippen LogP contribution in [0.15, 0.2) is 42.5 Å². The Bertz CT molecular complexity index is 1130. The quantitative estimate of drug-likeness (QED) is 0.381. The van der Waals surface area contributed by atoms with Gasteiger partial charge in [0.05, 0.1) is 15.6 Å². The number of urea groups is 1. The molecule has 0 aromatic heterocycles. The smallest absolute Gasteiger partial charge is 0.341 e. The Balaban J connectivity index is 0.000000307. The molecule has 11 heteroatoms. The Morgan fingerprint density at radius 2 is 1.68 bits per heavy atom. The summed E-state index contributed by atoms with van der Waals surface area (Å²) in [4.78, 5) is 31.1. The van der Waals surface area contributed by atoms with E-state index in [9.17, 15) is 22.8 Å². The Kier molecular flexibility index (Phi) is 12.4. The van der Waals surface area contributed by atoms with Crippen molar-refractivity contribution in [2.24, 2.45) is 0 Å². The molecule has 2 saturated heterocycles. The van der Waals surface area contributed by atoms with Crippen LogP contribution < -0.4 is 5.32 Å². The number of nitrogens with zero attached hydrogens (tertiary/aromatic N) is 3. The van der Waals surface area contributed by atoms with Gasteiger partial charge >= 0.3 is 12.2 Å². The standard InChI is InChI=1S/C20H28Cl2N4O2.C9H9F3/c21-17-6-5-16(15-18(17)22)23-20(28)26-12-7-19(27)25(13-14-26)11-4-10-24-8-2-1-3-9-24;1-2-7-4-3-5-8(6-7)9(10,11)12/h5-6,15H,1-4,7-14H2,(H,23,28);3-6H,2H2,1H3. The highest BCUT2D eigenvalue weighted by atomic mass is 35.5. The van der Waals surface area contributed by atoms with Gasteiger partial charge in [-0.15, -0.1) is 0 Å². The van der Waals surface area contributed by atoms with E-state index in [1.54, 1.807) is 29.2 Å². The summed E-state index contributed by atoms with van der Waals surface area (Å²) < 4.78 is 36.3. The second kappa shape index (κ2) is 15.5. The summed E-state index contributed by atoms with van der Waals surface area (Å²) in [7, 11) is 0. The van der Waals surface area contributed by atoms with Crippen molar-refractivity contribution in [1.82, 2.24) is 14.7 Å². The van der Waals surface area contributed by atoms with Crippen LogP contribution in [0.1, 0.15) is 50.2 Å². The van der Waals surface area contributed by atoms with E-state index in [2.05, 4.69) is 10.2 Å². The van der Waals surface area contributed by atoms with Crippen LogP contribution in [-0.4, -0.2) is 72.5 Å². The predicted molar refractivity (Wildman–Crippen MR) is 154 cm³/mol. The SMILES string of the molecule is CCc1cccc(C(F)(F)F)c1.O=C1CCN(C(=O)Nc2ccc(Cl)c(Cl)c2)CCN1CCCN1CCCCC1. The summed E-state index contributed by atoms with van der Waals surface area (Å²) in [5, 5.41) is 3.67. The molecular formula is C29H37Cl2F3N4O2. The largest absolute Gasteiger partial charge is 0.416 e. The van der Waals surface area contributed by atoms with E-state index in [-0.39, 0.29) is 11.9 Å². The number of hydrogen-bond acceptors (Lipinski definition) is 3. The second-order valence-electron chi connectivity index (χ2n) is 9.98. The van der Waals surface area contributed by atoms with Crippen molar-refractivity contribution in [3.8, 4) is 0 Å². The molecule has 0 bridgehead atoms. The molecule has 2 aliphatic rings. The van der Waals surface area contributed by atoms with Gasteiger partial charge in [-0.05, 0) is 75.1 Å². The molecule has 4 rings (SSSR count). The monoisotopic (exact) mass is 600 g/mol. The van der Waals surface area contributed by atoms with Gasteiger partial charge in [-0.25, -0.2) is 4.79 Å². The maximum absolute atomic E-state index is 12.6. The lowest BCUT2D eigenvalue weighted by Gasteiger charge is -2.28. The van der Waals surface area contributed by atoms with Crippen molar-refractivity contribution in [3.05, 3.63) is 63.6 Å². The Morgan fingerprint density at radius 1 is 0.925 bits per heavy atom. The highest BCUT2D eigenvalue weighted by Gasteiger charge is 2.30. The van der Waals surface area contributed by atoms with Crippen LogP contribution in [0, 0.1) is 0 Å². The van der Waals surface area contributed by atoms with Crippen LogP contribution in [0.2, 0.25) is 10.0 Å². The van der Waals surface area contributed by atoms with Gasteiger partial charge in [0, 0.05) is 38.3 Å². The molecule has 0 spiro atoms. The number of halogens is 5. The molecule has 0 radical (unpaired) electrons. The fourth-order valence-electron chi connectivity index (χ4n) is 4.72.